The van der Waals surface area contributed by atoms with Crippen LogP contribution in [0.2, 0.25) is 5.02 Å². The lowest BCUT2D eigenvalue weighted by Gasteiger charge is -2.23. The van der Waals surface area contributed by atoms with E-state index in [9.17, 15) is 18.0 Å². The molecule has 0 saturated heterocycles. The van der Waals surface area contributed by atoms with Crippen LogP contribution in [0.3, 0.4) is 0 Å². The third-order valence-corrected chi connectivity index (χ3v) is 7.76. The van der Waals surface area contributed by atoms with Gasteiger partial charge in [-0.2, -0.15) is 5.10 Å². The number of benzene rings is 4. The van der Waals surface area contributed by atoms with Gasteiger partial charge < -0.3 is 10.1 Å². The second kappa shape index (κ2) is 14.1. The fraction of sp³-hybridized carbons (Fsp3) is 0.100. The Morgan fingerprint density at radius 2 is 1.46 bits per heavy atom. The molecule has 0 unspecified atom stereocenters. The molecule has 4 aromatic rings. The highest BCUT2D eigenvalue weighted by Crippen LogP contribution is 2.25. The van der Waals surface area contributed by atoms with Crippen LogP contribution < -0.4 is 19.8 Å². The molecule has 0 radical (unpaired) electrons. The Morgan fingerprint density at radius 3 is 2.12 bits per heavy atom. The summed E-state index contributed by atoms with van der Waals surface area (Å²) in [6.07, 6.45) is 1.41. The van der Waals surface area contributed by atoms with Crippen molar-refractivity contribution in [3.8, 4) is 5.75 Å². The van der Waals surface area contributed by atoms with Crippen LogP contribution in [0.25, 0.3) is 0 Å². The summed E-state index contributed by atoms with van der Waals surface area (Å²) < 4.78 is 33.1. The third kappa shape index (κ3) is 8.66. The van der Waals surface area contributed by atoms with E-state index in [1.165, 1.54) is 30.5 Å². The van der Waals surface area contributed by atoms with Crippen molar-refractivity contribution < 1.29 is 22.7 Å². The lowest BCUT2D eigenvalue weighted by Crippen LogP contribution is -2.39. The number of nitrogens with zero attached hydrogens (tertiary/aromatic N) is 2. The molecule has 4 aromatic carbocycles. The number of hydrogen-bond acceptors (Lipinski definition) is 6. The van der Waals surface area contributed by atoms with Gasteiger partial charge in [-0.05, 0) is 71.8 Å². The number of anilines is 1. The van der Waals surface area contributed by atoms with Crippen LogP contribution in [0.4, 0.5) is 5.69 Å². The summed E-state index contributed by atoms with van der Waals surface area (Å²) in [5, 5.41) is 7.17. The second-order valence-electron chi connectivity index (χ2n) is 8.71. The fourth-order valence-electron chi connectivity index (χ4n) is 3.63. The van der Waals surface area contributed by atoms with Crippen LogP contribution in [0.1, 0.15) is 11.1 Å². The van der Waals surface area contributed by atoms with E-state index in [2.05, 4.69) is 15.8 Å². The first-order valence-corrected chi connectivity index (χ1v) is 14.3. The van der Waals surface area contributed by atoms with Crippen molar-refractivity contribution in [2.45, 2.75) is 11.4 Å². The Balaban J connectivity index is 1.31. The van der Waals surface area contributed by atoms with Crippen molar-refractivity contribution in [3.05, 3.63) is 125 Å². The Bertz CT molecular complexity index is 1580. The average Bonchev–Trinajstić information content (AvgIpc) is 3.00. The summed E-state index contributed by atoms with van der Waals surface area (Å²) in [6, 6.07) is 30.3. The summed E-state index contributed by atoms with van der Waals surface area (Å²) in [5.41, 5.74) is 4.29. The molecule has 0 aliphatic rings. The molecule has 0 fully saturated rings. The predicted octanol–water partition coefficient (Wildman–Crippen LogP) is 4.38. The van der Waals surface area contributed by atoms with Gasteiger partial charge in [0.1, 0.15) is 12.3 Å². The topological polar surface area (TPSA) is 117 Å². The van der Waals surface area contributed by atoms with E-state index in [1.54, 1.807) is 54.6 Å². The molecule has 0 aliphatic heterocycles. The summed E-state index contributed by atoms with van der Waals surface area (Å²) in [7, 11) is -4.04. The molecule has 0 spiro atoms. The molecule has 0 atom stereocenters. The number of hydrogen-bond donors (Lipinski definition) is 2. The molecule has 0 aromatic heterocycles. The first-order valence-electron chi connectivity index (χ1n) is 12.5. The van der Waals surface area contributed by atoms with Gasteiger partial charge in [0.25, 0.3) is 21.8 Å². The lowest BCUT2D eigenvalue weighted by molar-refractivity contribution is -0.123. The first-order chi connectivity index (χ1) is 19.8. The van der Waals surface area contributed by atoms with Gasteiger partial charge in [-0.25, -0.2) is 13.8 Å². The molecular formula is C30H27ClN4O5S. The van der Waals surface area contributed by atoms with Gasteiger partial charge in [0.2, 0.25) is 0 Å². The maximum Gasteiger partial charge on any atom is 0.264 e. The molecule has 0 heterocycles. The van der Waals surface area contributed by atoms with E-state index in [0.29, 0.717) is 22.9 Å². The molecule has 9 nitrogen and oxygen atoms in total. The number of rotatable bonds is 12. The molecule has 41 heavy (non-hydrogen) atoms. The highest BCUT2D eigenvalue weighted by Gasteiger charge is 2.27. The van der Waals surface area contributed by atoms with Crippen molar-refractivity contribution in [2.24, 2.45) is 5.10 Å². The monoisotopic (exact) mass is 590 g/mol. The summed E-state index contributed by atoms with van der Waals surface area (Å²) in [4.78, 5) is 24.8. The fourth-order valence-corrected chi connectivity index (χ4v) is 5.20. The van der Waals surface area contributed by atoms with Crippen molar-refractivity contribution >= 4 is 45.3 Å². The smallest absolute Gasteiger partial charge is 0.264 e. The van der Waals surface area contributed by atoms with Crippen LogP contribution in [-0.4, -0.2) is 39.6 Å². The number of carbonyl (C=O) groups is 2. The lowest BCUT2D eigenvalue weighted by atomic mass is 10.2. The molecule has 210 valence electrons. The predicted molar refractivity (Wildman–Crippen MR) is 158 cm³/mol. The number of carbonyl (C=O) groups excluding carboxylic acids is 2. The van der Waals surface area contributed by atoms with Crippen LogP contribution in [-0.2, 0) is 26.2 Å². The Labute approximate surface area is 243 Å². The molecule has 0 bridgehead atoms. The largest absolute Gasteiger partial charge is 0.484 e. The number of halogens is 1. The summed E-state index contributed by atoms with van der Waals surface area (Å²) in [5.74, 6) is -0.396. The molecule has 0 saturated carbocycles. The van der Waals surface area contributed by atoms with E-state index in [0.717, 1.165) is 9.87 Å². The summed E-state index contributed by atoms with van der Waals surface area (Å²) in [6.45, 7) is -0.221. The maximum atomic E-state index is 13.3. The maximum absolute atomic E-state index is 13.3. The van der Waals surface area contributed by atoms with Crippen molar-refractivity contribution in [1.29, 1.82) is 0 Å². The van der Waals surface area contributed by atoms with Crippen molar-refractivity contribution in [3.63, 3.8) is 0 Å². The molecule has 11 heteroatoms. The Kier molecular flexibility index (Phi) is 10.1. The SMILES string of the molecule is O=C(COc1ccc(/C=N\NC(=O)CN(c2ccc(Cl)cc2)S(=O)(=O)c2ccccc2)cc1)NCc1ccccc1. The first kappa shape index (κ1) is 29.3. The van der Waals surface area contributed by atoms with Gasteiger partial charge in [0.05, 0.1) is 16.8 Å². The van der Waals surface area contributed by atoms with E-state index in [-0.39, 0.29) is 23.1 Å². The zero-order valence-corrected chi connectivity index (χ0v) is 23.4. The summed E-state index contributed by atoms with van der Waals surface area (Å²) >= 11 is 5.96. The minimum atomic E-state index is -4.04. The van der Waals surface area contributed by atoms with Gasteiger partial charge >= 0.3 is 0 Å². The van der Waals surface area contributed by atoms with E-state index >= 15 is 0 Å². The van der Waals surface area contributed by atoms with Crippen LogP contribution in [0, 0.1) is 0 Å². The molecule has 2 amide bonds. The van der Waals surface area contributed by atoms with Gasteiger partial charge in [-0.1, -0.05) is 60.1 Å². The minimum absolute atomic E-state index is 0.0437. The number of ether oxygens (including phenoxy) is 1. The zero-order chi connectivity index (χ0) is 29.1. The zero-order valence-electron chi connectivity index (χ0n) is 21.8. The Morgan fingerprint density at radius 1 is 0.829 bits per heavy atom. The Hall–Kier alpha value is -4.67. The van der Waals surface area contributed by atoms with Crippen molar-refractivity contribution in [1.82, 2.24) is 10.7 Å². The van der Waals surface area contributed by atoms with Gasteiger partial charge in [-0.3, -0.25) is 13.9 Å². The van der Waals surface area contributed by atoms with E-state index < -0.39 is 22.5 Å². The van der Waals surface area contributed by atoms with Gasteiger partial charge in [0.15, 0.2) is 6.61 Å². The quantitative estimate of drug-likeness (QED) is 0.188. The highest BCUT2D eigenvalue weighted by molar-refractivity contribution is 7.92. The molecule has 4 rings (SSSR count). The number of hydrazone groups is 1. The van der Waals surface area contributed by atoms with Gasteiger partial charge in [-0.15, -0.1) is 0 Å². The number of sulfonamides is 1. The van der Waals surface area contributed by atoms with Crippen LogP contribution in [0.5, 0.6) is 5.75 Å². The van der Waals surface area contributed by atoms with Gasteiger partial charge in [0, 0.05) is 11.6 Å². The molecule has 2 N–H and O–H groups in total. The van der Waals surface area contributed by atoms with E-state index in [1.807, 2.05) is 30.3 Å². The van der Waals surface area contributed by atoms with Crippen molar-refractivity contribution in [2.75, 3.05) is 17.5 Å². The average molecular weight is 591 g/mol. The normalized spacial score (nSPS) is 11.1. The number of amides is 2. The third-order valence-electron chi connectivity index (χ3n) is 5.72. The molecule has 0 aliphatic carbocycles. The molecular weight excluding hydrogens is 564 g/mol. The van der Waals surface area contributed by atoms with Crippen LogP contribution in [0.15, 0.2) is 119 Å². The van der Waals surface area contributed by atoms with Crippen LogP contribution >= 0.6 is 11.6 Å². The highest BCUT2D eigenvalue weighted by atomic mass is 35.5. The number of nitrogens with one attached hydrogen (secondary N) is 2. The van der Waals surface area contributed by atoms with E-state index in [4.69, 9.17) is 16.3 Å². The second-order valence-corrected chi connectivity index (χ2v) is 11.0. The minimum Gasteiger partial charge on any atom is -0.484 e. The standard InChI is InChI=1S/C30H27ClN4O5S/c31-25-13-15-26(16-14-25)35(41(38,39)28-9-5-2-6-10-28)21-29(36)34-33-20-24-11-17-27(18-12-24)40-22-30(37)32-19-23-7-3-1-4-8-23/h1-18,20H,19,21-22H2,(H,32,37)(H,34,36)/b33-20-.